The fraction of sp³-hybridized carbons (Fsp3) is 0.421. The number of hydrogen-bond donors (Lipinski definition) is 2. The van der Waals surface area contributed by atoms with Gasteiger partial charge in [0.1, 0.15) is 5.82 Å². The molecule has 0 spiro atoms. The van der Waals surface area contributed by atoms with E-state index in [0.717, 1.165) is 41.1 Å². The van der Waals surface area contributed by atoms with E-state index in [2.05, 4.69) is 25.1 Å². The molecule has 0 saturated carbocycles. The lowest BCUT2D eigenvalue weighted by atomic mass is 10.1. The third-order valence-electron chi connectivity index (χ3n) is 4.61. The number of hydrogen-bond acceptors (Lipinski definition) is 3. The predicted molar refractivity (Wildman–Crippen MR) is 98.5 cm³/mol. The van der Waals surface area contributed by atoms with Crippen molar-refractivity contribution in [2.75, 3.05) is 6.54 Å². The number of nitrogens with one attached hydrogen (secondary N) is 2. The van der Waals surface area contributed by atoms with Crippen LogP contribution in [-0.2, 0) is 17.8 Å². The number of aryl methyl sites for hydroxylation is 4. The first-order valence-electron chi connectivity index (χ1n) is 8.75. The van der Waals surface area contributed by atoms with Crippen LogP contribution in [0.25, 0.3) is 11.0 Å². The van der Waals surface area contributed by atoms with Crippen LogP contribution in [0, 0.1) is 20.8 Å². The van der Waals surface area contributed by atoms with Crippen LogP contribution in [0.5, 0.6) is 0 Å². The van der Waals surface area contributed by atoms with E-state index in [1.165, 1.54) is 5.56 Å². The zero-order valence-corrected chi connectivity index (χ0v) is 15.1. The van der Waals surface area contributed by atoms with Crippen molar-refractivity contribution in [3.8, 4) is 0 Å². The Bertz CT molecular complexity index is 858. The molecule has 0 unspecified atom stereocenters. The maximum atomic E-state index is 12.1. The lowest BCUT2D eigenvalue weighted by molar-refractivity contribution is -0.121. The van der Waals surface area contributed by atoms with Gasteiger partial charge in [-0.25, -0.2) is 4.98 Å². The van der Waals surface area contributed by atoms with Crippen molar-refractivity contribution in [1.82, 2.24) is 25.1 Å². The van der Waals surface area contributed by atoms with Gasteiger partial charge in [-0.2, -0.15) is 5.10 Å². The number of imidazole rings is 1. The molecule has 0 atom stereocenters. The van der Waals surface area contributed by atoms with E-state index in [0.29, 0.717) is 19.5 Å². The van der Waals surface area contributed by atoms with Gasteiger partial charge >= 0.3 is 0 Å². The van der Waals surface area contributed by atoms with E-state index in [9.17, 15) is 4.79 Å². The van der Waals surface area contributed by atoms with Crippen molar-refractivity contribution in [3.05, 3.63) is 47.0 Å². The van der Waals surface area contributed by atoms with Gasteiger partial charge in [-0.1, -0.05) is 12.1 Å². The van der Waals surface area contributed by atoms with Crippen LogP contribution in [0.4, 0.5) is 0 Å². The molecule has 132 valence electrons. The maximum Gasteiger partial charge on any atom is 0.221 e. The van der Waals surface area contributed by atoms with E-state index in [1.54, 1.807) is 0 Å². The molecule has 3 aromatic rings. The number of aromatic amines is 1. The Kier molecular flexibility index (Phi) is 5.16. The maximum absolute atomic E-state index is 12.1. The molecule has 0 saturated heterocycles. The normalized spacial score (nSPS) is 11.2. The number of carbonyl (C=O) groups is 1. The lowest BCUT2D eigenvalue weighted by Gasteiger charge is -2.08. The summed E-state index contributed by atoms with van der Waals surface area (Å²) in [5.41, 5.74) is 5.48. The molecule has 2 aromatic heterocycles. The second-order valence-electron chi connectivity index (χ2n) is 6.42. The van der Waals surface area contributed by atoms with Crippen LogP contribution >= 0.6 is 0 Å². The molecule has 25 heavy (non-hydrogen) atoms. The fourth-order valence-electron chi connectivity index (χ4n) is 3.22. The van der Waals surface area contributed by atoms with E-state index in [1.807, 2.05) is 45.0 Å². The topological polar surface area (TPSA) is 75.6 Å². The second kappa shape index (κ2) is 7.51. The van der Waals surface area contributed by atoms with E-state index < -0.39 is 0 Å². The van der Waals surface area contributed by atoms with Gasteiger partial charge in [0.05, 0.1) is 16.7 Å². The predicted octanol–water partition coefficient (Wildman–Crippen LogP) is 2.82. The number of amides is 1. The summed E-state index contributed by atoms with van der Waals surface area (Å²) in [6.45, 7) is 7.36. The lowest BCUT2D eigenvalue weighted by Crippen LogP contribution is -2.26. The highest BCUT2D eigenvalue weighted by Crippen LogP contribution is 2.15. The third-order valence-corrected chi connectivity index (χ3v) is 4.61. The minimum Gasteiger partial charge on any atom is -0.356 e. The summed E-state index contributed by atoms with van der Waals surface area (Å²) in [4.78, 5) is 16.7. The van der Waals surface area contributed by atoms with Gasteiger partial charge < -0.3 is 9.88 Å². The largest absolute Gasteiger partial charge is 0.356 e. The van der Waals surface area contributed by atoms with Crippen LogP contribution in [-0.4, -0.2) is 32.2 Å². The Morgan fingerprint density at radius 2 is 2.04 bits per heavy atom. The summed E-state index contributed by atoms with van der Waals surface area (Å²) >= 11 is 0. The summed E-state index contributed by atoms with van der Waals surface area (Å²) in [6.07, 6.45) is 2.31. The Morgan fingerprint density at radius 1 is 1.24 bits per heavy atom. The van der Waals surface area contributed by atoms with Crippen molar-refractivity contribution in [2.24, 2.45) is 0 Å². The molecule has 0 fully saturated rings. The quantitative estimate of drug-likeness (QED) is 0.650. The molecule has 0 radical (unpaired) electrons. The van der Waals surface area contributed by atoms with Gasteiger partial charge in [-0.05, 0) is 51.3 Å². The minimum atomic E-state index is 0.0813. The number of carbonyl (C=O) groups excluding carboxylic acids is 1. The molecule has 3 rings (SSSR count). The van der Waals surface area contributed by atoms with Crippen LogP contribution in [0.1, 0.15) is 35.6 Å². The molecule has 0 aliphatic heterocycles. The van der Waals surface area contributed by atoms with Gasteiger partial charge in [0.25, 0.3) is 0 Å². The number of para-hydroxylation sites is 2. The van der Waals surface area contributed by atoms with Crippen LogP contribution in [0.15, 0.2) is 24.3 Å². The molecule has 2 N–H and O–H groups in total. The van der Waals surface area contributed by atoms with E-state index >= 15 is 0 Å². The molecule has 2 heterocycles. The number of nitrogens with zero attached hydrogens (tertiary/aromatic N) is 3. The van der Waals surface area contributed by atoms with Crippen LogP contribution in [0.2, 0.25) is 0 Å². The van der Waals surface area contributed by atoms with Crippen molar-refractivity contribution in [2.45, 2.75) is 46.6 Å². The summed E-state index contributed by atoms with van der Waals surface area (Å²) < 4.78 is 2.10. The third kappa shape index (κ3) is 3.90. The van der Waals surface area contributed by atoms with Crippen molar-refractivity contribution < 1.29 is 4.79 Å². The van der Waals surface area contributed by atoms with Crippen molar-refractivity contribution in [3.63, 3.8) is 0 Å². The molecule has 1 amide bonds. The fourth-order valence-corrected chi connectivity index (χ4v) is 3.22. The molecule has 0 aliphatic rings. The Hall–Kier alpha value is -2.63. The summed E-state index contributed by atoms with van der Waals surface area (Å²) in [7, 11) is 0. The van der Waals surface area contributed by atoms with E-state index in [4.69, 9.17) is 0 Å². The average Bonchev–Trinajstić information content (AvgIpc) is 3.09. The highest BCUT2D eigenvalue weighted by molar-refractivity contribution is 5.77. The second-order valence-corrected chi connectivity index (χ2v) is 6.42. The zero-order chi connectivity index (χ0) is 17.8. The summed E-state index contributed by atoms with van der Waals surface area (Å²) in [5.74, 6) is 1.03. The Labute approximate surface area is 147 Å². The Morgan fingerprint density at radius 3 is 2.80 bits per heavy atom. The standard InChI is InChI=1S/C19H25N5O/c1-13-16(14(2)23-22-13)7-6-11-20-19(25)10-12-24-15(3)21-17-8-4-5-9-18(17)24/h4-5,8-9H,6-7,10-12H2,1-3H3,(H,20,25)(H,22,23). The number of aromatic nitrogens is 4. The highest BCUT2D eigenvalue weighted by Gasteiger charge is 2.09. The molecule has 1 aromatic carbocycles. The minimum absolute atomic E-state index is 0.0813. The van der Waals surface area contributed by atoms with Crippen molar-refractivity contribution >= 4 is 16.9 Å². The monoisotopic (exact) mass is 339 g/mol. The van der Waals surface area contributed by atoms with Crippen LogP contribution < -0.4 is 5.32 Å². The molecule has 0 aliphatic carbocycles. The smallest absolute Gasteiger partial charge is 0.221 e. The zero-order valence-electron chi connectivity index (χ0n) is 15.1. The first-order chi connectivity index (χ1) is 12.1. The van der Waals surface area contributed by atoms with Gasteiger partial charge in [-0.3, -0.25) is 9.89 Å². The van der Waals surface area contributed by atoms with Crippen LogP contribution in [0.3, 0.4) is 0 Å². The molecular formula is C19H25N5O. The molecule has 0 bridgehead atoms. The van der Waals surface area contributed by atoms with Gasteiger partial charge in [0.15, 0.2) is 0 Å². The number of H-pyrrole nitrogens is 1. The molecule has 6 heteroatoms. The van der Waals surface area contributed by atoms with E-state index in [-0.39, 0.29) is 5.91 Å². The Balaban J connectivity index is 1.46. The van der Waals surface area contributed by atoms with Gasteiger partial charge in [0, 0.05) is 25.2 Å². The van der Waals surface area contributed by atoms with Crippen molar-refractivity contribution in [1.29, 1.82) is 0 Å². The summed E-state index contributed by atoms with van der Waals surface area (Å²) in [6, 6.07) is 8.02. The first-order valence-corrected chi connectivity index (χ1v) is 8.75. The number of fused-ring (bicyclic) bond motifs is 1. The van der Waals surface area contributed by atoms with Gasteiger partial charge in [-0.15, -0.1) is 0 Å². The number of benzene rings is 1. The first kappa shape index (κ1) is 17.2. The average molecular weight is 339 g/mol. The SMILES string of the molecule is Cc1n[nH]c(C)c1CCCNC(=O)CCn1c(C)nc2ccccc21. The highest BCUT2D eigenvalue weighted by atomic mass is 16.1. The number of rotatable bonds is 7. The van der Waals surface area contributed by atoms with Gasteiger partial charge in [0.2, 0.25) is 5.91 Å². The molecule has 6 nitrogen and oxygen atoms in total. The summed E-state index contributed by atoms with van der Waals surface area (Å²) in [5, 5.41) is 10.2. The molecular weight excluding hydrogens is 314 g/mol.